The number of nitrogens with two attached hydrogens (primary N) is 1. The zero-order valence-electron chi connectivity index (χ0n) is 11.2. The molecule has 1 aromatic carbocycles. The van der Waals surface area contributed by atoms with Gasteiger partial charge in [0.2, 0.25) is 5.91 Å². The van der Waals surface area contributed by atoms with E-state index in [-0.39, 0.29) is 12.6 Å². The third kappa shape index (κ3) is 3.74. The van der Waals surface area contributed by atoms with Gasteiger partial charge in [-0.15, -0.1) is 0 Å². The van der Waals surface area contributed by atoms with Crippen molar-refractivity contribution in [2.24, 2.45) is 5.73 Å². The maximum atomic E-state index is 10.8. The minimum atomic E-state index is -0.413. The Hall–Kier alpha value is -2.01. The second-order valence-electron chi connectivity index (χ2n) is 4.55. The summed E-state index contributed by atoms with van der Waals surface area (Å²) >= 11 is 5.89. The summed E-state index contributed by atoms with van der Waals surface area (Å²) < 4.78 is 1.51. The monoisotopic (exact) mass is 292 g/mol. The normalized spacial score (nSPS) is 12.1. The fraction of sp³-hybridized carbons (Fsp3) is 0.286. The van der Waals surface area contributed by atoms with Crippen LogP contribution in [0.1, 0.15) is 24.9 Å². The second-order valence-corrected chi connectivity index (χ2v) is 4.99. The maximum absolute atomic E-state index is 10.8. The van der Waals surface area contributed by atoms with Gasteiger partial charge in [-0.1, -0.05) is 30.7 Å². The van der Waals surface area contributed by atoms with E-state index in [0.717, 1.165) is 22.7 Å². The highest BCUT2D eigenvalue weighted by molar-refractivity contribution is 6.30. The van der Waals surface area contributed by atoms with Crippen LogP contribution in [0.3, 0.4) is 0 Å². The molecule has 5 nitrogen and oxygen atoms in total. The van der Waals surface area contributed by atoms with Crippen molar-refractivity contribution in [1.29, 1.82) is 0 Å². The first-order valence-electron chi connectivity index (χ1n) is 6.41. The molecule has 0 aliphatic carbocycles. The Kier molecular flexibility index (Phi) is 4.63. The van der Waals surface area contributed by atoms with Crippen molar-refractivity contribution in [1.82, 2.24) is 9.78 Å². The van der Waals surface area contributed by atoms with Crippen molar-refractivity contribution in [2.75, 3.05) is 5.32 Å². The van der Waals surface area contributed by atoms with Gasteiger partial charge in [-0.3, -0.25) is 9.48 Å². The summed E-state index contributed by atoms with van der Waals surface area (Å²) in [6, 6.07) is 7.91. The molecule has 0 aliphatic rings. The number of halogens is 1. The number of benzene rings is 1. The fourth-order valence-corrected chi connectivity index (χ4v) is 2.13. The average molecular weight is 293 g/mol. The lowest BCUT2D eigenvalue weighted by molar-refractivity contribution is -0.118. The van der Waals surface area contributed by atoms with Crippen LogP contribution >= 0.6 is 11.6 Å². The van der Waals surface area contributed by atoms with Crippen LogP contribution in [0.5, 0.6) is 0 Å². The molecule has 1 unspecified atom stereocenters. The zero-order chi connectivity index (χ0) is 14.5. The molecule has 0 radical (unpaired) electrons. The molecule has 1 heterocycles. The van der Waals surface area contributed by atoms with Gasteiger partial charge in [0, 0.05) is 11.2 Å². The molecular formula is C14H17ClN4O. The summed E-state index contributed by atoms with van der Waals surface area (Å²) in [4.78, 5) is 10.8. The van der Waals surface area contributed by atoms with Crippen LogP contribution in [0.2, 0.25) is 5.02 Å². The molecule has 20 heavy (non-hydrogen) atoms. The van der Waals surface area contributed by atoms with Gasteiger partial charge in [-0.25, -0.2) is 0 Å². The molecule has 0 bridgehead atoms. The SMILES string of the molecule is CCC(Nc1cnn(CC(N)=O)c1)c1ccc(Cl)cc1. The molecule has 2 rings (SSSR count). The highest BCUT2D eigenvalue weighted by atomic mass is 35.5. The van der Waals surface area contributed by atoms with E-state index in [9.17, 15) is 4.79 Å². The van der Waals surface area contributed by atoms with Gasteiger partial charge in [0.1, 0.15) is 6.54 Å². The van der Waals surface area contributed by atoms with Crippen LogP contribution in [0, 0.1) is 0 Å². The minimum Gasteiger partial charge on any atom is -0.376 e. The Labute approximate surface area is 122 Å². The lowest BCUT2D eigenvalue weighted by Gasteiger charge is -2.17. The number of amides is 1. The lowest BCUT2D eigenvalue weighted by atomic mass is 10.0. The molecular weight excluding hydrogens is 276 g/mol. The van der Waals surface area contributed by atoms with Gasteiger partial charge < -0.3 is 11.1 Å². The maximum Gasteiger partial charge on any atom is 0.239 e. The Morgan fingerprint density at radius 2 is 2.15 bits per heavy atom. The Morgan fingerprint density at radius 1 is 1.45 bits per heavy atom. The van der Waals surface area contributed by atoms with E-state index in [1.807, 2.05) is 24.3 Å². The largest absolute Gasteiger partial charge is 0.376 e. The summed E-state index contributed by atoms with van der Waals surface area (Å²) in [6.07, 6.45) is 4.37. The van der Waals surface area contributed by atoms with Crippen molar-refractivity contribution >= 4 is 23.2 Å². The van der Waals surface area contributed by atoms with Crippen molar-refractivity contribution in [3.05, 3.63) is 47.2 Å². The number of nitrogens with zero attached hydrogens (tertiary/aromatic N) is 2. The number of primary amides is 1. The number of nitrogens with one attached hydrogen (secondary N) is 1. The van der Waals surface area contributed by atoms with Crippen LogP contribution in [0.4, 0.5) is 5.69 Å². The van der Waals surface area contributed by atoms with Crippen LogP contribution in [-0.4, -0.2) is 15.7 Å². The van der Waals surface area contributed by atoms with Gasteiger partial charge in [0.05, 0.1) is 17.9 Å². The molecule has 0 aliphatic heterocycles. The van der Waals surface area contributed by atoms with Crippen LogP contribution in [-0.2, 0) is 11.3 Å². The summed E-state index contributed by atoms with van der Waals surface area (Å²) in [5, 5.41) is 8.18. The summed E-state index contributed by atoms with van der Waals surface area (Å²) in [5.74, 6) is -0.413. The highest BCUT2D eigenvalue weighted by Gasteiger charge is 2.10. The van der Waals surface area contributed by atoms with Crippen molar-refractivity contribution < 1.29 is 4.79 Å². The van der Waals surface area contributed by atoms with E-state index < -0.39 is 5.91 Å². The molecule has 2 aromatic rings. The Bertz CT molecular complexity index is 579. The molecule has 0 saturated carbocycles. The van der Waals surface area contributed by atoms with Crippen LogP contribution in [0.15, 0.2) is 36.7 Å². The topological polar surface area (TPSA) is 72.9 Å². The predicted molar refractivity (Wildman–Crippen MR) is 79.5 cm³/mol. The second kappa shape index (κ2) is 6.43. The Balaban J connectivity index is 2.08. The molecule has 6 heteroatoms. The van der Waals surface area contributed by atoms with E-state index in [2.05, 4.69) is 17.3 Å². The van der Waals surface area contributed by atoms with Gasteiger partial charge in [0.25, 0.3) is 0 Å². The molecule has 1 aromatic heterocycles. The molecule has 3 N–H and O–H groups in total. The first kappa shape index (κ1) is 14.4. The van der Waals surface area contributed by atoms with E-state index >= 15 is 0 Å². The van der Waals surface area contributed by atoms with E-state index in [0.29, 0.717) is 0 Å². The lowest BCUT2D eigenvalue weighted by Crippen LogP contribution is -2.18. The molecule has 0 saturated heterocycles. The minimum absolute atomic E-state index is 0.0828. The van der Waals surface area contributed by atoms with Gasteiger partial charge >= 0.3 is 0 Å². The summed E-state index contributed by atoms with van der Waals surface area (Å²) in [6.45, 7) is 2.18. The van der Waals surface area contributed by atoms with E-state index in [4.69, 9.17) is 17.3 Å². The first-order valence-corrected chi connectivity index (χ1v) is 6.79. The standard InChI is InChI=1S/C14H17ClN4O/c1-2-13(10-3-5-11(15)6-4-10)18-12-7-17-19(8-12)9-14(16)20/h3-8,13,18H,2,9H2,1H3,(H2,16,20). The number of hydrogen-bond donors (Lipinski definition) is 2. The van der Waals surface area contributed by atoms with Gasteiger partial charge in [-0.2, -0.15) is 5.10 Å². The number of aromatic nitrogens is 2. The van der Waals surface area contributed by atoms with Crippen molar-refractivity contribution in [2.45, 2.75) is 25.9 Å². The average Bonchev–Trinajstić information content (AvgIpc) is 2.83. The van der Waals surface area contributed by atoms with Gasteiger partial charge in [-0.05, 0) is 24.1 Å². The third-order valence-electron chi connectivity index (χ3n) is 2.97. The highest BCUT2D eigenvalue weighted by Crippen LogP contribution is 2.23. The zero-order valence-corrected chi connectivity index (χ0v) is 12.0. The van der Waals surface area contributed by atoms with Crippen molar-refractivity contribution in [3.63, 3.8) is 0 Å². The number of carbonyl (C=O) groups is 1. The molecule has 0 spiro atoms. The molecule has 1 amide bonds. The molecule has 1 atom stereocenters. The number of anilines is 1. The number of hydrogen-bond acceptors (Lipinski definition) is 3. The fourth-order valence-electron chi connectivity index (χ4n) is 2.00. The third-order valence-corrected chi connectivity index (χ3v) is 3.22. The molecule has 0 fully saturated rings. The smallest absolute Gasteiger partial charge is 0.239 e. The summed E-state index contributed by atoms with van der Waals surface area (Å²) in [5.41, 5.74) is 7.14. The quantitative estimate of drug-likeness (QED) is 0.859. The first-order chi connectivity index (χ1) is 9.58. The summed E-state index contributed by atoms with van der Waals surface area (Å²) in [7, 11) is 0. The predicted octanol–water partition coefficient (Wildman–Crippen LogP) is 2.58. The van der Waals surface area contributed by atoms with Crippen LogP contribution in [0.25, 0.3) is 0 Å². The number of carbonyl (C=O) groups excluding carboxylic acids is 1. The van der Waals surface area contributed by atoms with Gasteiger partial charge in [0.15, 0.2) is 0 Å². The Morgan fingerprint density at radius 3 is 2.75 bits per heavy atom. The number of rotatable bonds is 6. The van der Waals surface area contributed by atoms with Crippen LogP contribution < -0.4 is 11.1 Å². The molecule has 106 valence electrons. The van der Waals surface area contributed by atoms with E-state index in [1.54, 1.807) is 12.4 Å². The van der Waals surface area contributed by atoms with E-state index in [1.165, 1.54) is 4.68 Å². The van der Waals surface area contributed by atoms with Crippen molar-refractivity contribution in [3.8, 4) is 0 Å².